The minimum absolute atomic E-state index is 0.0311. The first-order valence-corrected chi connectivity index (χ1v) is 4.95. The Bertz CT molecular complexity index is 564. The zero-order chi connectivity index (χ0) is 11.5. The first-order chi connectivity index (χ1) is 7.72. The molecule has 0 saturated heterocycles. The molecule has 0 bridgehead atoms. The molecule has 0 aliphatic heterocycles. The lowest BCUT2D eigenvalue weighted by Crippen LogP contribution is -2.21. The number of fused-ring (bicyclic) bond motifs is 1. The van der Waals surface area contributed by atoms with Gasteiger partial charge in [-0.05, 0) is 12.5 Å². The molecule has 0 unspecified atom stereocenters. The predicted octanol–water partition coefficient (Wildman–Crippen LogP) is -0.244. The first-order valence-electron chi connectivity index (χ1n) is 4.95. The van der Waals surface area contributed by atoms with Gasteiger partial charge >= 0.3 is 0 Å². The third-order valence-corrected chi connectivity index (χ3v) is 2.28. The number of rotatable bonds is 3. The van der Waals surface area contributed by atoms with Crippen molar-refractivity contribution in [3.8, 4) is 0 Å². The van der Waals surface area contributed by atoms with Gasteiger partial charge < -0.3 is 10.8 Å². The van der Waals surface area contributed by atoms with E-state index in [1.165, 1.54) is 10.6 Å². The van der Waals surface area contributed by atoms with Crippen LogP contribution in [0.4, 0.5) is 5.95 Å². The second kappa shape index (κ2) is 4.28. The molecule has 0 spiro atoms. The molecule has 2 aromatic heterocycles. The topological polar surface area (TPSA) is 94.0 Å². The normalized spacial score (nSPS) is 10.8. The molecule has 16 heavy (non-hydrogen) atoms. The van der Waals surface area contributed by atoms with Crippen molar-refractivity contribution >= 4 is 17.0 Å². The van der Waals surface area contributed by atoms with Gasteiger partial charge in [0.2, 0.25) is 5.95 Å². The number of nitrogen functional groups attached to an aromatic ring is 1. The summed E-state index contributed by atoms with van der Waals surface area (Å²) in [5, 5.41) is 9.53. The minimum Gasteiger partial charge on any atom is -0.396 e. The number of pyridine rings is 1. The molecular weight excluding hydrogens is 208 g/mol. The maximum Gasteiger partial charge on any atom is 0.252 e. The first kappa shape index (κ1) is 10.6. The van der Waals surface area contributed by atoms with Crippen molar-refractivity contribution in [2.45, 2.75) is 13.0 Å². The van der Waals surface area contributed by atoms with E-state index in [4.69, 9.17) is 10.8 Å². The van der Waals surface area contributed by atoms with E-state index in [1.807, 2.05) is 0 Å². The molecule has 2 aromatic rings. The highest BCUT2D eigenvalue weighted by Gasteiger charge is 2.04. The van der Waals surface area contributed by atoms with Crippen LogP contribution in [0.1, 0.15) is 6.42 Å². The van der Waals surface area contributed by atoms with Gasteiger partial charge in [-0.15, -0.1) is 0 Å². The Morgan fingerprint density at radius 2 is 2.25 bits per heavy atom. The van der Waals surface area contributed by atoms with Crippen LogP contribution in [0.25, 0.3) is 11.0 Å². The second-order valence-corrected chi connectivity index (χ2v) is 3.41. The van der Waals surface area contributed by atoms with Crippen LogP contribution in [-0.4, -0.2) is 26.2 Å². The van der Waals surface area contributed by atoms with Gasteiger partial charge in [0.15, 0.2) is 0 Å². The summed E-state index contributed by atoms with van der Waals surface area (Å²) >= 11 is 0. The van der Waals surface area contributed by atoms with Gasteiger partial charge in [-0.1, -0.05) is 0 Å². The van der Waals surface area contributed by atoms with Crippen LogP contribution in [0.5, 0.6) is 0 Å². The average molecular weight is 220 g/mol. The Morgan fingerprint density at radius 3 is 3.00 bits per heavy atom. The van der Waals surface area contributed by atoms with Gasteiger partial charge in [0.1, 0.15) is 5.65 Å². The summed E-state index contributed by atoms with van der Waals surface area (Å²) in [6.45, 7) is 0.451. The number of hydrogen-bond acceptors (Lipinski definition) is 5. The average Bonchev–Trinajstić information content (AvgIpc) is 2.28. The lowest BCUT2D eigenvalue weighted by molar-refractivity contribution is 0.280. The summed E-state index contributed by atoms with van der Waals surface area (Å²) in [5.41, 5.74) is 5.84. The number of aliphatic hydroxyl groups is 1. The Kier molecular flexibility index (Phi) is 2.82. The van der Waals surface area contributed by atoms with Crippen molar-refractivity contribution in [2.24, 2.45) is 0 Å². The molecule has 0 fully saturated rings. The molecule has 6 nitrogen and oxygen atoms in total. The molecule has 6 heteroatoms. The number of anilines is 1. The lowest BCUT2D eigenvalue weighted by Gasteiger charge is -2.07. The van der Waals surface area contributed by atoms with Crippen molar-refractivity contribution in [1.29, 1.82) is 0 Å². The van der Waals surface area contributed by atoms with Crippen LogP contribution >= 0.6 is 0 Å². The zero-order valence-corrected chi connectivity index (χ0v) is 8.63. The third kappa shape index (κ3) is 1.87. The van der Waals surface area contributed by atoms with Crippen molar-refractivity contribution in [1.82, 2.24) is 14.5 Å². The summed E-state index contributed by atoms with van der Waals surface area (Å²) in [5.74, 6) is 0.135. The standard InChI is InChI=1S/C10H12N4O2/c11-10-12-6-7-2-3-8(16)14(4-1-5-15)9(7)13-10/h2-3,6,15H,1,4-5H2,(H2,11,12,13). The highest BCUT2D eigenvalue weighted by Crippen LogP contribution is 2.09. The number of nitrogens with two attached hydrogens (primary N) is 1. The maximum absolute atomic E-state index is 11.6. The molecule has 3 N–H and O–H groups in total. The van der Waals surface area contributed by atoms with Gasteiger partial charge in [0, 0.05) is 30.8 Å². The molecule has 0 aromatic carbocycles. The second-order valence-electron chi connectivity index (χ2n) is 3.41. The monoisotopic (exact) mass is 220 g/mol. The van der Waals surface area contributed by atoms with Gasteiger partial charge in [-0.25, -0.2) is 4.98 Å². The van der Waals surface area contributed by atoms with E-state index in [9.17, 15) is 4.79 Å². The van der Waals surface area contributed by atoms with E-state index in [0.717, 1.165) is 5.39 Å². The van der Waals surface area contributed by atoms with Crippen LogP contribution in [0.15, 0.2) is 23.1 Å². The Balaban J connectivity index is 2.63. The van der Waals surface area contributed by atoms with E-state index in [2.05, 4.69) is 9.97 Å². The summed E-state index contributed by atoms with van der Waals surface area (Å²) in [7, 11) is 0. The molecule has 0 atom stereocenters. The molecule has 0 radical (unpaired) electrons. The quantitative estimate of drug-likeness (QED) is 0.744. The molecular formula is C10H12N4O2. The SMILES string of the molecule is Nc1ncc2ccc(=O)n(CCCO)c2n1. The summed E-state index contributed by atoms with van der Waals surface area (Å²) in [6, 6.07) is 3.12. The summed E-state index contributed by atoms with van der Waals surface area (Å²) < 4.78 is 1.49. The number of nitrogens with zero attached hydrogens (tertiary/aromatic N) is 3. The van der Waals surface area contributed by atoms with Crippen molar-refractivity contribution in [3.63, 3.8) is 0 Å². The fraction of sp³-hybridized carbons (Fsp3) is 0.300. The van der Waals surface area contributed by atoms with E-state index in [0.29, 0.717) is 18.6 Å². The van der Waals surface area contributed by atoms with Gasteiger partial charge in [-0.3, -0.25) is 9.36 Å². The lowest BCUT2D eigenvalue weighted by atomic mass is 10.3. The fourth-order valence-electron chi connectivity index (χ4n) is 1.53. The van der Waals surface area contributed by atoms with Crippen molar-refractivity contribution in [3.05, 3.63) is 28.7 Å². The summed E-state index contributed by atoms with van der Waals surface area (Å²) in [6.07, 6.45) is 2.08. The number of aryl methyl sites for hydroxylation is 1. The van der Waals surface area contributed by atoms with Crippen LogP contribution in [0.3, 0.4) is 0 Å². The summed E-state index contributed by atoms with van der Waals surface area (Å²) in [4.78, 5) is 19.5. The van der Waals surface area contributed by atoms with Crippen LogP contribution in [0.2, 0.25) is 0 Å². The highest BCUT2D eigenvalue weighted by molar-refractivity contribution is 5.74. The molecule has 0 aliphatic rings. The smallest absolute Gasteiger partial charge is 0.252 e. The van der Waals surface area contributed by atoms with Crippen molar-refractivity contribution < 1.29 is 5.11 Å². The molecule has 0 aliphatic carbocycles. The molecule has 0 saturated carbocycles. The largest absolute Gasteiger partial charge is 0.396 e. The fourth-order valence-corrected chi connectivity index (χ4v) is 1.53. The molecule has 0 amide bonds. The van der Waals surface area contributed by atoms with E-state index >= 15 is 0 Å². The van der Waals surface area contributed by atoms with Gasteiger partial charge in [0.05, 0.1) is 0 Å². The molecule has 2 rings (SSSR count). The van der Waals surface area contributed by atoms with Crippen LogP contribution in [-0.2, 0) is 6.54 Å². The van der Waals surface area contributed by atoms with Gasteiger partial charge in [0.25, 0.3) is 5.56 Å². The number of aromatic nitrogens is 3. The van der Waals surface area contributed by atoms with Crippen molar-refractivity contribution in [2.75, 3.05) is 12.3 Å². The predicted molar refractivity (Wildman–Crippen MR) is 59.9 cm³/mol. The Morgan fingerprint density at radius 1 is 1.44 bits per heavy atom. The molecule has 84 valence electrons. The van der Waals surface area contributed by atoms with E-state index in [1.54, 1.807) is 12.3 Å². The third-order valence-electron chi connectivity index (χ3n) is 2.28. The highest BCUT2D eigenvalue weighted by atomic mass is 16.3. The minimum atomic E-state index is -0.154. The van der Waals surface area contributed by atoms with E-state index < -0.39 is 0 Å². The van der Waals surface area contributed by atoms with E-state index in [-0.39, 0.29) is 18.1 Å². The number of aliphatic hydroxyl groups excluding tert-OH is 1. The van der Waals surface area contributed by atoms with Gasteiger partial charge in [-0.2, -0.15) is 4.98 Å². The number of hydrogen-bond donors (Lipinski definition) is 2. The maximum atomic E-state index is 11.6. The van der Waals surface area contributed by atoms with Crippen LogP contribution < -0.4 is 11.3 Å². The Labute approximate surface area is 91.4 Å². The molecule has 2 heterocycles. The van der Waals surface area contributed by atoms with Crippen LogP contribution in [0, 0.1) is 0 Å². The zero-order valence-electron chi connectivity index (χ0n) is 8.63. The Hall–Kier alpha value is -1.95.